The van der Waals surface area contributed by atoms with Crippen molar-refractivity contribution in [3.05, 3.63) is 66.0 Å². The molecule has 0 amide bonds. The predicted octanol–water partition coefficient (Wildman–Crippen LogP) is 10.7. The molecule has 0 aliphatic carbocycles. The van der Waals surface area contributed by atoms with Crippen molar-refractivity contribution in [1.82, 2.24) is 0 Å². The second kappa shape index (κ2) is 25.1. The third-order valence-corrected chi connectivity index (χ3v) is 4.70. The highest BCUT2D eigenvalue weighted by molar-refractivity contribution is 5.39. The van der Waals surface area contributed by atoms with Crippen molar-refractivity contribution in [3.8, 4) is 5.75 Å². The maximum absolute atomic E-state index is 9.70. The van der Waals surface area contributed by atoms with Crippen LogP contribution >= 0.6 is 0 Å². The van der Waals surface area contributed by atoms with E-state index >= 15 is 0 Å². The Bertz CT molecular complexity index is 647. The van der Waals surface area contributed by atoms with E-state index in [-0.39, 0.29) is 16.8 Å². The first-order valence-corrected chi connectivity index (χ1v) is 13.5. The zero-order valence-electron chi connectivity index (χ0n) is 25.8. The van der Waals surface area contributed by atoms with Crippen LogP contribution in [0.3, 0.4) is 0 Å². The lowest BCUT2D eigenvalue weighted by Crippen LogP contribution is -2.25. The number of ether oxygens (including phenoxy) is 2. The first-order chi connectivity index (χ1) is 16.5. The van der Waals surface area contributed by atoms with Gasteiger partial charge in [0.1, 0.15) is 11.5 Å². The summed E-state index contributed by atoms with van der Waals surface area (Å²) in [7, 11) is 1.68. The Kier molecular flexibility index (Phi) is 28.8. The largest absolute Gasteiger partial charge is 0.508 e. The first-order valence-electron chi connectivity index (χ1n) is 13.5. The number of benzene rings is 1. The average Bonchev–Trinajstić information content (AvgIpc) is 2.86. The van der Waals surface area contributed by atoms with E-state index < -0.39 is 0 Å². The van der Waals surface area contributed by atoms with Crippen molar-refractivity contribution in [2.75, 3.05) is 13.7 Å². The second-order valence-corrected chi connectivity index (χ2v) is 8.58. The third-order valence-electron chi connectivity index (χ3n) is 4.70. The fraction of sp³-hybridized carbons (Fsp3) is 0.625. The molecular formula is C32H60O3. The number of hydrogen-bond acceptors (Lipinski definition) is 3. The standard InChI is InChI=1S/C15H26O2.C11H16O.3C2H6/c1-9-12(15(6,7)17-8)10-13(11(2)16)14(3,4)5;1-2-3-7-10-12-11-8-5-4-6-9-11;3*1-2/h9-10,16H,2H2,1,3-8H3;4-6,8-9H,2-3,7,10H2,1H3;3*1-2H3/b12-9+,13-10+;;;;. The lowest BCUT2D eigenvalue weighted by Gasteiger charge is -2.28. The molecule has 3 heteroatoms. The Balaban J connectivity index is -0.000000233. The maximum Gasteiger partial charge on any atom is 0.119 e. The minimum atomic E-state index is -0.374. The summed E-state index contributed by atoms with van der Waals surface area (Å²) in [5, 5.41) is 9.70. The molecule has 3 nitrogen and oxygen atoms in total. The number of unbranched alkanes of at least 4 members (excludes halogenated alkanes) is 2. The van der Waals surface area contributed by atoms with Gasteiger partial charge in [0, 0.05) is 7.11 Å². The molecule has 1 N–H and O–H groups in total. The lowest BCUT2D eigenvalue weighted by atomic mass is 9.82. The van der Waals surface area contributed by atoms with Crippen molar-refractivity contribution < 1.29 is 14.6 Å². The van der Waals surface area contributed by atoms with E-state index in [2.05, 4.69) is 13.5 Å². The van der Waals surface area contributed by atoms with Crippen molar-refractivity contribution in [2.24, 2.45) is 5.41 Å². The molecule has 0 saturated heterocycles. The van der Waals surface area contributed by atoms with Crippen LogP contribution in [0.2, 0.25) is 0 Å². The highest BCUT2D eigenvalue weighted by Gasteiger charge is 2.25. The van der Waals surface area contributed by atoms with Gasteiger partial charge in [0.2, 0.25) is 0 Å². The number of allylic oxidation sites excluding steroid dienone is 2. The van der Waals surface area contributed by atoms with E-state index in [0.717, 1.165) is 29.9 Å². The number of hydrogen-bond donors (Lipinski definition) is 1. The van der Waals surface area contributed by atoms with Crippen molar-refractivity contribution in [2.45, 2.75) is 115 Å². The molecule has 35 heavy (non-hydrogen) atoms. The summed E-state index contributed by atoms with van der Waals surface area (Å²) < 4.78 is 11.0. The normalized spacial score (nSPS) is 11.1. The molecule has 0 heterocycles. The third kappa shape index (κ3) is 21.0. The van der Waals surface area contributed by atoms with Crippen LogP contribution in [-0.4, -0.2) is 24.4 Å². The number of aliphatic hydroxyl groups is 1. The molecule has 0 bridgehead atoms. The predicted molar refractivity (Wildman–Crippen MR) is 160 cm³/mol. The summed E-state index contributed by atoms with van der Waals surface area (Å²) in [6, 6.07) is 9.97. The van der Waals surface area contributed by atoms with Gasteiger partial charge in [0.05, 0.1) is 12.2 Å². The van der Waals surface area contributed by atoms with Crippen LogP contribution < -0.4 is 4.74 Å². The molecular weight excluding hydrogens is 432 g/mol. The molecule has 1 rings (SSSR count). The maximum atomic E-state index is 9.70. The molecule has 0 radical (unpaired) electrons. The fourth-order valence-corrected chi connectivity index (χ4v) is 2.67. The van der Waals surface area contributed by atoms with Gasteiger partial charge in [0.25, 0.3) is 0 Å². The zero-order valence-corrected chi connectivity index (χ0v) is 25.8. The Morgan fingerprint density at radius 1 is 0.914 bits per heavy atom. The van der Waals surface area contributed by atoms with Crippen LogP contribution in [0.15, 0.2) is 66.0 Å². The minimum absolute atomic E-state index is 0.115. The summed E-state index contributed by atoms with van der Waals surface area (Å²) in [4.78, 5) is 0. The van der Waals surface area contributed by atoms with Crippen molar-refractivity contribution in [3.63, 3.8) is 0 Å². The van der Waals surface area contributed by atoms with E-state index in [4.69, 9.17) is 9.47 Å². The minimum Gasteiger partial charge on any atom is -0.508 e. The quantitative estimate of drug-likeness (QED) is 0.211. The molecule has 0 aliphatic rings. The van der Waals surface area contributed by atoms with E-state index in [9.17, 15) is 5.11 Å². The van der Waals surface area contributed by atoms with E-state index in [1.165, 1.54) is 12.8 Å². The number of aliphatic hydroxyl groups excluding tert-OH is 1. The van der Waals surface area contributed by atoms with Gasteiger partial charge in [-0.2, -0.15) is 0 Å². The Hall–Kier alpha value is -2.00. The van der Waals surface area contributed by atoms with Gasteiger partial charge in [-0.15, -0.1) is 0 Å². The molecule has 0 spiro atoms. The molecule has 206 valence electrons. The van der Waals surface area contributed by atoms with E-state index in [0.29, 0.717) is 0 Å². The van der Waals surface area contributed by atoms with Crippen LogP contribution in [0.25, 0.3) is 0 Å². The second-order valence-electron chi connectivity index (χ2n) is 8.58. The van der Waals surface area contributed by atoms with Gasteiger partial charge in [-0.3, -0.25) is 0 Å². The zero-order chi connectivity index (χ0) is 28.5. The Morgan fingerprint density at radius 2 is 1.40 bits per heavy atom. The van der Waals surface area contributed by atoms with Crippen LogP contribution in [0, 0.1) is 5.41 Å². The lowest BCUT2D eigenvalue weighted by molar-refractivity contribution is 0.0578. The molecule has 1 aromatic carbocycles. The van der Waals surface area contributed by atoms with Crippen LogP contribution in [0.1, 0.15) is 109 Å². The fourth-order valence-electron chi connectivity index (χ4n) is 2.67. The van der Waals surface area contributed by atoms with E-state index in [1.54, 1.807) is 7.11 Å². The Morgan fingerprint density at radius 3 is 1.74 bits per heavy atom. The summed E-state index contributed by atoms with van der Waals surface area (Å²) in [5.41, 5.74) is 1.33. The van der Waals surface area contributed by atoms with Gasteiger partial charge < -0.3 is 14.6 Å². The van der Waals surface area contributed by atoms with E-state index in [1.807, 2.05) is 126 Å². The molecule has 0 aromatic heterocycles. The summed E-state index contributed by atoms with van der Waals surface area (Å²) in [5.74, 6) is 1.09. The summed E-state index contributed by atoms with van der Waals surface area (Å²) in [6.45, 7) is 30.8. The van der Waals surface area contributed by atoms with Gasteiger partial charge >= 0.3 is 0 Å². The topological polar surface area (TPSA) is 38.7 Å². The molecule has 0 saturated carbocycles. The first kappa shape index (κ1) is 40.2. The van der Waals surface area contributed by atoms with Crippen LogP contribution in [-0.2, 0) is 4.74 Å². The molecule has 0 unspecified atom stereocenters. The van der Waals surface area contributed by atoms with Gasteiger partial charge in [-0.25, -0.2) is 0 Å². The SMILES string of the molecule is C=C(O)/C(=C\C(=C/C)C(C)(C)OC)C(C)(C)C.CC.CC.CC.CCCCCOc1ccccc1. The summed E-state index contributed by atoms with van der Waals surface area (Å²) in [6.07, 6.45) is 7.63. The molecule has 0 aliphatic heterocycles. The Labute approximate surface area is 220 Å². The summed E-state index contributed by atoms with van der Waals surface area (Å²) >= 11 is 0. The smallest absolute Gasteiger partial charge is 0.119 e. The van der Waals surface area contributed by atoms with Gasteiger partial charge in [0.15, 0.2) is 0 Å². The highest BCUT2D eigenvalue weighted by atomic mass is 16.5. The molecule has 0 atom stereocenters. The highest BCUT2D eigenvalue weighted by Crippen LogP contribution is 2.33. The molecule has 1 aromatic rings. The average molecular weight is 493 g/mol. The van der Waals surface area contributed by atoms with Crippen molar-refractivity contribution >= 4 is 0 Å². The monoisotopic (exact) mass is 492 g/mol. The molecule has 0 fully saturated rings. The van der Waals surface area contributed by atoms with Gasteiger partial charge in [-0.05, 0) is 62.0 Å². The number of para-hydroxylation sites is 1. The van der Waals surface area contributed by atoms with Gasteiger partial charge in [-0.1, -0.05) is 113 Å². The van der Waals surface area contributed by atoms with Crippen molar-refractivity contribution in [1.29, 1.82) is 0 Å². The van der Waals surface area contributed by atoms with Crippen LogP contribution in [0.4, 0.5) is 0 Å². The number of methoxy groups -OCH3 is 1. The van der Waals surface area contributed by atoms with Crippen LogP contribution in [0.5, 0.6) is 5.75 Å². The number of rotatable bonds is 9.